The first-order chi connectivity index (χ1) is 9.99. The van der Waals surface area contributed by atoms with Crippen LogP contribution in [-0.4, -0.2) is 54.9 Å². The third-order valence-electron chi connectivity index (χ3n) is 3.37. The van der Waals surface area contributed by atoms with E-state index in [0.717, 1.165) is 0 Å². The Morgan fingerprint density at radius 3 is 2.95 bits per heavy atom. The fourth-order valence-electron chi connectivity index (χ4n) is 2.27. The van der Waals surface area contributed by atoms with Gasteiger partial charge in [0.15, 0.2) is 0 Å². The molecule has 1 fully saturated rings. The van der Waals surface area contributed by atoms with Gasteiger partial charge >= 0.3 is 12.0 Å². The fourth-order valence-corrected chi connectivity index (χ4v) is 2.27. The summed E-state index contributed by atoms with van der Waals surface area (Å²) in [6, 6.07) is 4.81. The van der Waals surface area contributed by atoms with Crippen molar-refractivity contribution in [2.24, 2.45) is 0 Å². The van der Waals surface area contributed by atoms with Crippen LogP contribution < -0.4 is 4.90 Å². The number of benzene rings is 1. The quantitative estimate of drug-likeness (QED) is 0.919. The number of carboxylic acids is 1. The standard InChI is InChI=1S/C14H17FN2O4/c1-16(11-4-2-3-10(15)7-11)14(20)17-5-6-21-9-12(17)8-13(18)19/h2-4,7,12H,5-6,8-9H2,1H3,(H,18,19). The first kappa shape index (κ1) is 15.2. The maximum Gasteiger partial charge on any atom is 0.324 e. The van der Waals surface area contributed by atoms with Gasteiger partial charge in [0.25, 0.3) is 0 Å². The van der Waals surface area contributed by atoms with Crippen molar-refractivity contribution in [3.05, 3.63) is 30.1 Å². The van der Waals surface area contributed by atoms with Gasteiger partial charge in [-0.1, -0.05) is 6.07 Å². The SMILES string of the molecule is CN(C(=O)N1CCOCC1CC(=O)O)c1cccc(F)c1. The van der Waals surface area contributed by atoms with E-state index in [1.54, 1.807) is 6.07 Å². The van der Waals surface area contributed by atoms with Gasteiger partial charge in [-0.25, -0.2) is 9.18 Å². The number of halogens is 1. The number of urea groups is 1. The molecule has 1 aliphatic rings. The summed E-state index contributed by atoms with van der Waals surface area (Å²) >= 11 is 0. The van der Waals surface area contributed by atoms with E-state index in [0.29, 0.717) is 18.8 Å². The largest absolute Gasteiger partial charge is 0.481 e. The van der Waals surface area contributed by atoms with Gasteiger partial charge in [0.1, 0.15) is 5.82 Å². The lowest BCUT2D eigenvalue weighted by Crippen LogP contribution is -2.53. The summed E-state index contributed by atoms with van der Waals surface area (Å²) in [5.74, 6) is -1.42. The summed E-state index contributed by atoms with van der Waals surface area (Å²) in [6.45, 7) is 0.865. The molecule has 1 aliphatic heterocycles. The summed E-state index contributed by atoms with van der Waals surface area (Å²) in [5, 5.41) is 8.90. The minimum absolute atomic E-state index is 0.178. The lowest BCUT2D eigenvalue weighted by molar-refractivity contribution is -0.139. The van der Waals surface area contributed by atoms with Gasteiger partial charge in [-0.3, -0.25) is 9.69 Å². The van der Waals surface area contributed by atoms with Crippen molar-refractivity contribution in [3.63, 3.8) is 0 Å². The van der Waals surface area contributed by atoms with E-state index >= 15 is 0 Å². The van der Waals surface area contributed by atoms with Gasteiger partial charge in [-0.05, 0) is 18.2 Å². The third kappa shape index (κ3) is 3.69. The van der Waals surface area contributed by atoms with Crippen LogP contribution >= 0.6 is 0 Å². The molecule has 2 amide bonds. The van der Waals surface area contributed by atoms with Crippen molar-refractivity contribution in [2.75, 3.05) is 31.7 Å². The van der Waals surface area contributed by atoms with Gasteiger partial charge in [0.05, 0.1) is 25.7 Å². The molecule has 0 aromatic heterocycles. The molecule has 1 aromatic rings. The second-order valence-corrected chi connectivity index (χ2v) is 4.84. The highest BCUT2D eigenvalue weighted by atomic mass is 19.1. The molecule has 114 valence electrons. The van der Waals surface area contributed by atoms with Crippen molar-refractivity contribution in [1.29, 1.82) is 0 Å². The number of carbonyl (C=O) groups is 2. The highest BCUT2D eigenvalue weighted by molar-refractivity contribution is 5.92. The number of rotatable bonds is 3. The van der Waals surface area contributed by atoms with Crippen molar-refractivity contribution in [3.8, 4) is 0 Å². The first-order valence-corrected chi connectivity index (χ1v) is 6.58. The van der Waals surface area contributed by atoms with Gasteiger partial charge in [-0.2, -0.15) is 0 Å². The number of hydrogen-bond acceptors (Lipinski definition) is 3. The van der Waals surface area contributed by atoms with Crippen LogP contribution in [0.25, 0.3) is 0 Å². The molecule has 0 bridgehead atoms. The second-order valence-electron chi connectivity index (χ2n) is 4.84. The Labute approximate surface area is 121 Å². The molecule has 0 aliphatic carbocycles. The highest BCUT2D eigenvalue weighted by Crippen LogP contribution is 2.19. The van der Waals surface area contributed by atoms with Crippen molar-refractivity contribution in [2.45, 2.75) is 12.5 Å². The number of nitrogens with zero attached hydrogens (tertiary/aromatic N) is 2. The number of aliphatic carboxylic acids is 1. The van der Waals surface area contributed by atoms with Crippen molar-refractivity contribution in [1.82, 2.24) is 4.90 Å². The van der Waals surface area contributed by atoms with Gasteiger partial charge in [0, 0.05) is 19.3 Å². The Balaban J connectivity index is 2.14. The van der Waals surface area contributed by atoms with Crippen LogP contribution in [0.1, 0.15) is 6.42 Å². The molecule has 2 rings (SSSR count). The van der Waals surface area contributed by atoms with Crippen LogP contribution in [-0.2, 0) is 9.53 Å². The zero-order valence-electron chi connectivity index (χ0n) is 11.7. The van der Waals surface area contributed by atoms with Crippen LogP contribution in [0.2, 0.25) is 0 Å². The second kappa shape index (κ2) is 6.53. The number of hydrogen-bond donors (Lipinski definition) is 1. The number of carbonyl (C=O) groups excluding carboxylic acids is 1. The fraction of sp³-hybridized carbons (Fsp3) is 0.429. The van der Waals surface area contributed by atoms with Crippen LogP contribution in [0.4, 0.5) is 14.9 Å². The predicted molar refractivity (Wildman–Crippen MR) is 73.8 cm³/mol. The zero-order chi connectivity index (χ0) is 15.4. The molecule has 1 unspecified atom stereocenters. The molecular weight excluding hydrogens is 279 g/mol. The molecule has 6 nitrogen and oxygen atoms in total. The number of carboxylic acid groups (broad SMARTS) is 1. The van der Waals surface area contributed by atoms with E-state index in [1.807, 2.05) is 0 Å². The van der Waals surface area contributed by atoms with E-state index in [4.69, 9.17) is 9.84 Å². The molecule has 0 saturated carbocycles. The maximum atomic E-state index is 13.2. The van der Waals surface area contributed by atoms with E-state index in [9.17, 15) is 14.0 Å². The average molecular weight is 296 g/mol. The summed E-state index contributed by atoms with van der Waals surface area (Å²) in [6.07, 6.45) is -0.178. The van der Waals surface area contributed by atoms with Crippen molar-refractivity contribution < 1.29 is 23.8 Å². The van der Waals surface area contributed by atoms with Gasteiger partial charge in [0.2, 0.25) is 0 Å². The van der Waals surface area contributed by atoms with E-state index in [2.05, 4.69) is 0 Å². The normalized spacial score (nSPS) is 18.4. The minimum Gasteiger partial charge on any atom is -0.481 e. The molecule has 0 radical (unpaired) electrons. The lowest BCUT2D eigenvalue weighted by atomic mass is 10.1. The molecule has 7 heteroatoms. The molecule has 0 spiro atoms. The Morgan fingerprint density at radius 2 is 2.29 bits per heavy atom. The Kier molecular flexibility index (Phi) is 4.74. The molecule has 1 heterocycles. The van der Waals surface area contributed by atoms with Crippen LogP contribution in [0.3, 0.4) is 0 Å². The van der Waals surface area contributed by atoms with Gasteiger partial charge in [-0.15, -0.1) is 0 Å². The number of anilines is 1. The molecule has 1 N–H and O–H groups in total. The molecule has 21 heavy (non-hydrogen) atoms. The van der Waals surface area contributed by atoms with Gasteiger partial charge < -0.3 is 14.7 Å². The Bertz CT molecular complexity index is 537. The van der Waals surface area contributed by atoms with Crippen LogP contribution in [0.15, 0.2) is 24.3 Å². The first-order valence-electron chi connectivity index (χ1n) is 6.58. The number of morpholine rings is 1. The monoisotopic (exact) mass is 296 g/mol. The van der Waals surface area contributed by atoms with Crippen LogP contribution in [0, 0.1) is 5.82 Å². The molecular formula is C14H17FN2O4. The molecule has 1 aromatic carbocycles. The lowest BCUT2D eigenvalue weighted by Gasteiger charge is -2.37. The smallest absolute Gasteiger partial charge is 0.324 e. The topological polar surface area (TPSA) is 70.1 Å². The van der Waals surface area contributed by atoms with Crippen LogP contribution in [0.5, 0.6) is 0 Å². The van der Waals surface area contributed by atoms with E-state index in [-0.39, 0.29) is 19.1 Å². The average Bonchev–Trinajstić information content (AvgIpc) is 2.46. The Hall–Kier alpha value is -2.15. The Morgan fingerprint density at radius 1 is 1.52 bits per heavy atom. The maximum absolute atomic E-state index is 13.2. The van der Waals surface area contributed by atoms with E-state index in [1.165, 1.54) is 35.0 Å². The summed E-state index contributed by atoms with van der Waals surface area (Å²) in [4.78, 5) is 26.1. The number of ether oxygens (including phenoxy) is 1. The molecule has 1 saturated heterocycles. The zero-order valence-corrected chi connectivity index (χ0v) is 11.7. The molecule has 1 atom stereocenters. The summed E-state index contributed by atoms with van der Waals surface area (Å²) < 4.78 is 18.5. The third-order valence-corrected chi connectivity index (χ3v) is 3.37. The highest BCUT2D eigenvalue weighted by Gasteiger charge is 2.31. The van der Waals surface area contributed by atoms with Crippen molar-refractivity contribution >= 4 is 17.7 Å². The predicted octanol–water partition coefficient (Wildman–Crippen LogP) is 1.56. The summed E-state index contributed by atoms with van der Waals surface area (Å²) in [5.41, 5.74) is 0.417. The number of amides is 2. The summed E-state index contributed by atoms with van der Waals surface area (Å²) in [7, 11) is 1.53. The minimum atomic E-state index is -0.989. The van der Waals surface area contributed by atoms with E-state index < -0.39 is 17.8 Å².